The van der Waals surface area contributed by atoms with Crippen LogP contribution in [0, 0.1) is 11.8 Å². The fraction of sp³-hybridized carbons (Fsp3) is 0.467. The van der Waals surface area contributed by atoms with Crippen LogP contribution in [0.2, 0.25) is 0 Å². The summed E-state index contributed by atoms with van der Waals surface area (Å²) in [7, 11) is -1.73. The average molecular weight is 294 g/mol. The topological polar surface area (TPSA) is 63.4 Å². The predicted molar refractivity (Wildman–Crippen MR) is 82.5 cm³/mol. The van der Waals surface area contributed by atoms with Crippen molar-refractivity contribution in [1.29, 1.82) is 0 Å². The van der Waals surface area contributed by atoms with E-state index in [4.69, 9.17) is 5.73 Å². The summed E-state index contributed by atoms with van der Waals surface area (Å²) >= 11 is 0. The molecule has 0 heterocycles. The van der Waals surface area contributed by atoms with Gasteiger partial charge in [-0.2, -0.15) is 0 Å². The highest BCUT2D eigenvalue weighted by atomic mass is 32.2. The van der Waals surface area contributed by atoms with Gasteiger partial charge >= 0.3 is 0 Å². The molecule has 1 aromatic carbocycles. The van der Waals surface area contributed by atoms with E-state index in [1.165, 1.54) is 4.31 Å². The van der Waals surface area contributed by atoms with Crippen LogP contribution in [0.15, 0.2) is 24.3 Å². The van der Waals surface area contributed by atoms with Crippen molar-refractivity contribution in [1.82, 2.24) is 4.31 Å². The van der Waals surface area contributed by atoms with Crippen LogP contribution in [0.4, 0.5) is 0 Å². The lowest BCUT2D eigenvalue weighted by Gasteiger charge is -2.26. The van der Waals surface area contributed by atoms with Crippen LogP contribution >= 0.6 is 0 Å². The molecular weight excluding hydrogens is 272 g/mol. The highest BCUT2D eigenvalue weighted by molar-refractivity contribution is 7.90. The standard InChI is InChI=1S/C15H22N2O2S/c1-15(2,3)20(18,19)17(4)12-14-8-5-7-13(11-14)9-6-10-16/h5,7-8,11H,10,12,16H2,1-4H3. The second-order valence-electron chi connectivity index (χ2n) is 5.58. The molecule has 0 aliphatic carbocycles. The monoisotopic (exact) mass is 294 g/mol. The van der Waals surface area contributed by atoms with Gasteiger partial charge in [-0.1, -0.05) is 24.0 Å². The Morgan fingerprint density at radius 2 is 1.95 bits per heavy atom. The van der Waals surface area contributed by atoms with E-state index in [0.29, 0.717) is 13.1 Å². The molecule has 0 spiro atoms. The Labute approximate surface area is 122 Å². The molecule has 0 saturated heterocycles. The van der Waals surface area contributed by atoms with Crippen molar-refractivity contribution in [2.45, 2.75) is 32.1 Å². The number of nitrogens with two attached hydrogens (primary N) is 1. The number of benzene rings is 1. The molecule has 1 aromatic rings. The second kappa shape index (κ2) is 6.40. The van der Waals surface area contributed by atoms with E-state index in [0.717, 1.165) is 11.1 Å². The molecule has 0 saturated carbocycles. The van der Waals surface area contributed by atoms with E-state index in [1.54, 1.807) is 27.8 Å². The maximum Gasteiger partial charge on any atom is 0.219 e. The quantitative estimate of drug-likeness (QED) is 0.860. The van der Waals surface area contributed by atoms with Gasteiger partial charge in [-0.05, 0) is 38.5 Å². The molecule has 1 rings (SSSR count). The first-order valence-electron chi connectivity index (χ1n) is 6.42. The Morgan fingerprint density at radius 1 is 1.30 bits per heavy atom. The van der Waals surface area contributed by atoms with Gasteiger partial charge in [0.25, 0.3) is 0 Å². The van der Waals surface area contributed by atoms with Crippen molar-refractivity contribution in [3.63, 3.8) is 0 Å². The van der Waals surface area contributed by atoms with Crippen LogP contribution in [0.1, 0.15) is 31.9 Å². The van der Waals surface area contributed by atoms with Crippen LogP contribution in [0.3, 0.4) is 0 Å². The average Bonchev–Trinajstić information content (AvgIpc) is 2.35. The van der Waals surface area contributed by atoms with E-state index in [1.807, 2.05) is 24.3 Å². The zero-order valence-corrected chi connectivity index (χ0v) is 13.3. The molecule has 4 nitrogen and oxygen atoms in total. The van der Waals surface area contributed by atoms with Gasteiger partial charge in [0, 0.05) is 19.2 Å². The molecule has 5 heteroatoms. The third-order valence-corrected chi connectivity index (χ3v) is 5.35. The Balaban J connectivity index is 2.95. The summed E-state index contributed by atoms with van der Waals surface area (Å²) in [4.78, 5) is 0. The van der Waals surface area contributed by atoms with Gasteiger partial charge < -0.3 is 5.73 Å². The molecule has 0 aromatic heterocycles. The molecule has 0 fully saturated rings. The molecule has 110 valence electrons. The number of hydrogen-bond donors (Lipinski definition) is 1. The smallest absolute Gasteiger partial charge is 0.219 e. The zero-order valence-electron chi connectivity index (χ0n) is 12.5. The Bertz CT molecular complexity index is 619. The third kappa shape index (κ3) is 4.07. The van der Waals surface area contributed by atoms with Crippen LogP contribution in [0.25, 0.3) is 0 Å². The first-order chi connectivity index (χ1) is 9.18. The zero-order chi connectivity index (χ0) is 15.4. The van der Waals surface area contributed by atoms with Crippen molar-refractivity contribution in [3.05, 3.63) is 35.4 Å². The summed E-state index contributed by atoms with van der Waals surface area (Å²) in [5.41, 5.74) is 7.09. The number of hydrogen-bond acceptors (Lipinski definition) is 3. The van der Waals surface area contributed by atoms with Crippen molar-refractivity contribution >= 4 is 10.0 Å². The summed E-state index contributed by atoms with van der Waals surface area (Å²) < 4.78 is 25.2. The molecule has 0 bridgehead atoms. The number of rotatable bonds is 3. The van der Waals surface area contributed by atoms with Crippen LogP contribution in [-0.4, -0.2) is 31.1 Å². The first-order valence-corrected chi connectivity index (χ1v) is 7.86. The van der Waals surface area contributed by atoms with E-state index in [9.17, 15) is 8.42 Å². The molecule has 0 amide bonds. The van der Waals surface area contributed by atoms with Crippen molar-refractivity contribution < 1.29 is 8.42 Å². The highest BCUT2D eigenvalue weighted by Gasteiger charge is 2.32. The molecule has 0 unspecified atom stereocenters. The molecule has 0 aliphatic heterocycles. The summed E-state index contributed by atoms with van der Waals surface area (Å²) in [6, 6.07) is 7.53. The maximum absolute atomic E-state index is 12.3. The predicted octanol–water partition coefficient (Wildman–Crippen LogP) is 1.56. The largest absolute Gasteiger partial charge is 0.320 e. The Hall–Kier alpha value is -1.35. The van der Waals surface area contributed by atoms with Crippen molar-refractivity contribution in [2.75, 3.05) is 13.6 Å². The van der Waals surface area contributed by atoms with E-state index in [2.05, 4.69) is 11.8 Å². The molecule has 20 heavy (non-hydrogen) atoms. The van der Waals surface area contributed by atoms with Gasteiger partial charge in [-0.3, -0.25) is 0 Å². The molecular formula is C15H22N2O2S. The lowest BCUT2D eigenvalue weighted by molar-refractivity contribution is 0.442. The Kier molecular flexibility index (Phi) is 5.35. The summed E-state index contributed by atoms with van der Waals surface area (Å²) in [6.07, 6.45) is 0. The summed E-state index contributed by atoms with van der Waals surface area (Å²) in [5.74, 6) is 5.73. The van der Waals surface area contributed by atoms with Gasteiger partial charge in [0.2, 0.25) is 10.0 Å². The van der Waals surface area contributed by atoms with Crippen LogP contribution in [0.5, 0.6) is 0 Å². The lowest BCUT2D eigenvalue weighted by Crippen LogP contribution is -2.40. The molecule has 0 aliphatic rings. The highest BCUT2D eigenvalue weighted by Crippen LogP contribution is 2.20. The maximum atomic E-state index is 12.3. The van der Waals surface area contributed by atoms with E-state index in [-0.39, 0.29) is 0 Å². The van der Waals surface area contributed by atoms with E-state index < -0.39 is 14.8 Å². The molecule has 0 radical (unpaired) electrons. The minimum Gasteiger partial charge on any atom is -0.320 e. The summed E-state index contributed by atoms with van der Waals surface area (Å²) in [5, 5.41) is 0. The fourth-order valence-electron chi connectivity index (χ4n) is 1.71. The Morgan fingerprint density at radius 3 is 2.50 bits per heavy atom. The third-order valence-electron chi connectivity index (χ3n) is 2.85. The molecule has 2 N–H and O–H groups in total. The number of nitrogens with zero attached hydrogens (tertiary/aromatic N) is 1. The number of sulfonamides is 1. The minimum atomic E-state index is -3.33. The van der Waals surface area contributed by atoms with Gasteiger partial charge in [0.15, 0.2) is 0 Å². The second-order valence-corrected chi connectivity index (χ2v) is 8.38. The van der Waals surface area contributed by atoms with Crippen molar-refractivity contribution in [2.24, 2.45) is 5.73 Å². The van der Waals surface area contributed by atoms with Crippen LogP contribution in [-0.2, 0) is 16.6 Å². The lowest BCUT2D eigenvalue weighted by atomic mass is 10.1. The van der Waals surface area contributed by atoms with Gasteiger partial charge in [-0.15, -0.1) is 0 Å². The molecule has 0 atom stereocenters. The normalized spacial score (nSPS) is 12.1. The first kappa shape index (κ1) is 16.7. The summed E-state index contributed by atoms with van der Waals surface area (Å²) in [6.45, 7) is 5.73. The minimum absolute atomic E-state index is 0.308. The SMILES string of the molecule is CN(Cc1cccc(C#CCN)c1)S(=O)(=O)C(C)(C)C. The fourth-order valence-corrected chi connectivity index (χ4v) is 2.96. The van der Waals surface area contributed by atoms with Gasteiger partial charge in [0.1, 0.15) is 0 Å². The van der Waals surface area contributed by atoms with Gasteiger partial charge in [0.05, 0.1) is 11.3 Å². The van der Waals surface area contributed by atoms with Crippen LogP contribution < -0.4 is 5.73 Å². The van der Waals surface area contributed by atoms with E-state index >= 15 is 0 Å². The van der Waals surface area contributed by atoms with Crippen molar-refractivity contribution in [3.8, 4) is 11.8 Å². The van der Waals surface area contributed by atoms with Gasteiger partial charge in [-0.25, -0.2) is 12.7 Å².